The zero-order chi connectivity index (χ0) is 15.9. The quantitative estimate of drug-likeness (QED) is 0.446. The minimum Gasteiger partial charge on any atom is -0.342 e. The van der Waals surface area contributed by atoms with Crippen LogP contribution >= 0.6 is 0 Å². The molecule has 0 rings (SSSR count). The second-order valence-corrected chi connectivity index (χ2v) is 6.36. The van der Waals surface area contributed by atoms with Crippen LogP contribution in [0.3, 0.4) is 0 Å². The molecule has 0 aromatic heterocycles. The minimum absolute atomic E-state index is 0.335. The Kier molecular flexibility index (Phi) is 14.0. The molecule has 0 aromatic rings. The van der Waals surface area contributed by atoms with E-state index >= 15 is 0 Å². The first kappa shape index (κ1) is 20.4. The number of unbranched alkanes of at least 4 members (excludes halogenated alkanes) is 8. The van der Waals surface area contributed by atoms with Crippen molar-refractivity contribution >= 4 is 5.91 Å². The molecule has 0 aliphatic heterocycles. The third kappa shape index (κ3) is 12.9. The second-order valence-electron chi connectivity index (χ2n) is 6.36. The summed E-state index contributed by atoms with van der Waals surface area (Å²) in [5.74, 6) is 0.335. The van der Waals surface area contributed by atoms with E-state index in [1.807, 2.05) is 4.90 Å². The molecule has 0 fully saturated rings. The van der Waals surface area contributed by atoms with E-state index in [1.54, 1.807) is 0 Å². The largest absolute Gasteiger partial charge is 0.342 e. The topological polar surface area (TPSA) is 23.6 Å². The number of carbonyl (C=O) groups is 1. The Hall–Kier alpha value is -0.570. The van der Waals surface area contributed by atoms with Crippen LogP contribution in [0.25, 0.3) is 0 Å². The molecular formula is C18H38N2O. The summed E-state index contributed by atoms with van der Waals surface area (Å²) in [6.07, 6.45) is 12.5. The summed E-state index contributed by atoms with van der Waals surface area (Å²) in [5, 5.41) is 0. The molecule has 0 spiro atoms. The Morgan fingerprint density at radius 3 is 1.76 bits per heavy atom. The summed E-state index contributed by atoms with van der Waals surface area (Å²) >= 11 is 0. The number of nitrogens with zero attached hydrogens (tertiary/aromatic N) is 2. The van der Waals surface area contributed by atoms with Gasteiger partial charge in [-0.25, -0.2) is 0 Å². The van der Waals surface area contributed by atoms with E-state index in [-0.39, 0.29) is 0 Å². The Morgan fingerprint density at radius 2 is 1.29 bits per heavy atom. The van der Waals surface area contributed by atoms with E-state index < -0.39 is 0 Å². The van der Waals surface area contributed by atoms with Crippen molar-refractivity contribution in [2.75, 3.05) is 33.7 Å². The van der Waals surface area contributed by atoms with E-state index in [0.29, 0.717) is 5.91 Å². The molecule has 21 heavy (non-hydrogen) atoms. The van der Waals surface area contributed by atoms with Crippen molar-refractivity contribution in [1.82, 2.24) is 9.80 Å². The fraction of sp³-hybridized carbons (Fsp3) is 0.944. The standard InChI is InChI=1S/C18H38N2O/c1-5-7-8-9-10-11-12-13-14-15-18(21)20(6-2)17-16-19(3)4/h5-17H2,1-4H3. The lowest BCUT2D eigenvalue weighted by Crippen LogP contribution is -2.36. The number of hydrogen-bond donors (Lipinski definition) is 0. The van der Waals surface area contributed by atoms with Crippen molar-refractivity contribution in [1.29, 1.82) is 0 Å². The molecule has 0 N–H and O–H groups in total. The van der Waals surface area contributed by atoms with Crippen molar-refractivity contribution in [3.05, 3.63) is 0 Å². The van der Waals surface area contributed by atoms with Crippen molar-refractivity contribution in [3.8, 4) is 0 Å². The van der Waals surface area contributed by atoms with Crippen LogP contribution in [0.15, 0.2) is 0 Å². The minimum atomic E-state index is 0.335. The van der Waals surface area contributed by atoms with E-state index in [4.69, 9.17) is 0 Å². The summed E-state index contributed by atoms with van der Waals surface area (Å²) in [7, 11) is 4.11. The summed E-state index contributed by atoms with van der Waals surface area (Å²) in [4.78, 5) is 16.2. The van der Waals surface area contributed by atoms with Gasteiger partial charge in [-0.2, -0.15) is 0 Å². The van der Waals surface area contributed by atoms with E-state index in [2.05, 4.69) is 32.8 Å². The first-order valence-electron chi connectivity index (χ1n) is 9.04. The fourth-order valence-electron chi connectivity index (χ4n) is 2.52. The number of likely N-dealkylation sites (N-methyl/N-ethyl adjacent to an activating group) is 2. The van der Waals surface area contributed by atoms with Crippen LogP contribution in [-0.2, 0) is 4.79 Å². The first-order chi connectivity index (χ1) is 10.1. The molecule has 0 heterocycles. The highest BCUT2D eigenvalue weighted by Gasteiger charge is 2.10. The normalized spacial score (nSPS) is 11.1. The Bertz CT molecular complexity index is 241. The van der Waals surface area contributed by atoms with Gasteiger partial charge in [0.05, 0.1) is 0 Å². The van der Waals surface area contributed by atoms with Gasteiger partial charge < -0.3 is 9.80 Å². The van der Waals surface area contributed by atoms with Gasteiger partial charge in [-0.3, -0.25) is 4.79 Å². The van der Waals surface area contributed by atoms with Crippen molar-refractivity contribution < 1.29 is 4.79 Å². The van der Waals surface area contributed by atoms with Gasteiger partial charge in [0, 0.05) is 26.1 Å². The summed E-state index contributed by atoms with van der Waals surface area (Å²) in [6.45, 7) is 6.99. The van der Waals surface area contributed by atoms with Gasteiger partial charge in [0.2, 0.25) is 5.91 Å². The van der Waals surface area contributed by atoms with Crippen molar-refractivity contribution in [2.45, 2.75) is 78.1 Å². The lowest BCUT2D eigenvalue weighted by molar-refractivity contribution is -0.131. The Morgan fingerprint density at radius 1 is 0.762 bits per heavy atom. The number of carbonyl (C=O) groups excluding carboxylic acids is 1. The van der Waals surface area contributed by atoms with Crippen LogP contribution in [0, 0.1) is 0 Å². The molecule has 0 aromatic carbocycles. The highest BCUT2D eigenvalue weighted by Crippen LogP contribution is 2.11. The monoisotopic (exact) mass is 298 g/mol. The van der Waals surface area contributed by atoms with Gasteiger partial charge in [0.1, 0.15) is 0 Å². The summed E-state index contributed by atoms with van der Waals surface area (Å²) in [6, 6.07) is 0. The molecule has 0 unspecified atom stereocenters. The second kappa shape index (κ2) is 14.4. The summed E-state index contributed by atoms with van der Waals surface area (Å²) < 4.78 is 0. The lowest BCUT2D eigenvalue weighted by atomic mass is 10.1. The molecular weight excluding hydrogens is 260 g/mol. The van der Waals surface area contributed by atoms with Crippen LogP contribution in [0.1, 0.15) is 78.1 Å². The molecule has 126 valence electrons. The Labute approximate surface area is 133 Å². The van der Waals surface area contributed by atoms with Crippen LogP contribution in [0.5, 0.6) is 0 Å². The lowest BCUT2D eigenvalue weighted by Gasteiger charge is -2.22. The Balaban J connectivity index is 3.50. The molecule has 0 saturated carbocycles. The van der Waals surface area contributed by atoms with E-state index in [0.717, 1.165) is 32.5 Å². The molecule has 0 saturated heterocycles. The van der Waals surface area contributed by atoms with Crippen LogP contribution < -0.4 is 0 Å². The molecule has 0 aliphatic rings. The predicted molar refractivity (Wildman–Crippen MR) is 92.7 cm³/mol. The first-order valence-corrected chi connectivity index (χ1v) is 9.04. The summed E-state index contributed by atoms with van der Waals surface area (Å²) in [5.41, 5.74) is 0. The van der Waals surface area contributed by atoms with E-state index in [9.17, 15) is 4.79 Å². The molecule has 0 atom stereocenters. The van der Waals surface area contributed by atoms with Gasteiger partial charge in [0.25, 0.3) is 0 Å². The predicted octanol–water partition coefficient (Wildman–Crippen LogP) is 4.32. The van der Waals surface area contributed by atoms with Gasteiger partial charge >= 0.3 is 0 Å². The maximum atomic E-state index is 12.1. The number of hydrogen-bond acceptors (Lipinski definition) is 2. The van der Waals surface area contributed by atoms with Crippen molar-refractivity contribution in [3.63, 3.8) is 0 Å². The molecule has 0 aliphatic carbocycles. The highest BCUT2D eigenvalue weighted by atomic mass is 16.2. The maximum absolute atomic E-state index is 12.1. The maximum Gasteiger partial charge on any atom is 0.222 e. The van der Waals surface area contributed by atoms with Gasteiger partial charge in [-0.05, 0) is 27.4 Å². The molecule has 0 radical (unpaired) electrons. The van der Waals surface area contributed by atoms with Gasteiger partial charge in [-0.1, -0.05) is 58.3 Å². The average Bonchev–Trinajstić information content (AvgIpc) is 2.46. The zero-order valence-electron chi connectivity index (χ0n) is 15.0. The van der Waals surface area contributed by atoms with Crippen LogP contribution in [0.4, 0.5) is 0 Å². The fourth-order valence-corrected chi connectivity index (χ4v) is 2.52. The zero-order valence-corrected chi connectivity index (χ0v) is 15.0. The highest BCUT2D eigenvalue weighted by molar-refractivity contribution is 5.76. The van der Waals surface area contributed by atoms with Crippen LogP contribution in [0.2, 0.25) is 0 Å². The number of rotatable bonds is 14. The molecule has 3 heteroatoms. The van der Waals surface area contributed by atoms with E-state index in [1.165, 1.54) is 51.4 Å². The SMILES string of the molecule is CCCCCCCCCCCC(=O)N(CC)CCN(C)C. The van der Waals surface area contributed by atoms with Crippen LogP contribution in [-0.4, -0.2) is 49.4 Å². The van der Waals surface area contributed by atoms with Crippen molar-refractivity contribution in [2.24, 2.45) is 0 Å². The third-order valence-electron chi connectivity index (χ3n) is 4.05. The smallest absolute Gasteiger partial charge is 0.222 e. The van der Waals surface area contributed by atoms with Gasteiger partial charge in [-0.15, -0.1) is 0 Å². The van der Waals surface area contributed by atoms with Gasteiger partial charge in [0.15, 0.2) is 0 Å². The number of amides is 1. The molecule has 0 bridgehead atoms. The molecule has 3 nitrogen and oxygen atoms in total. The average molecular weight is 299 g/mol. The third-order valence-corrected chi connectivity index (χ3v) is 4.05. The molecule has 1 amide bonds.